The first-order valence-corrected chi connectivity index (χ1v) is 5.60. The SMILES string of the molecule is C1=CCC2CN(c3ncccn3)CC2C1. The van der Waals surface area contributed by atoms with E-state index in [2.05, 4.69) is 27.0 Å². The van der Waals surface area contributed by atoms with Crippen molar-refractivity contribution in [1.29, 1.82) is 0 Å². The Morgan fingerprint density at radius 2 is 1.60 bits per heavy atom. The number of nitrogens with zero attached hydrogens (tertiary/aromatic N) is 3. The highest BCUT2D eigenvalue weighted by atomic mass is 15.3. The van der Waals surface area contributed by atoms with Gasteiger partial charge in [-0.25, -0.2) is 9.97 Å². The van der Waals surface area contributed by atoms with Gasteiger partial charge in [0.25, 0.3) is 0 Å². The second kappa shape index (κ2) is 3.65. The Labute approximate surface area is 89.8 Å². The molecule has 1 aliphatic carbocycles. The van der Waals surface area contributed by atoms with Gasteiger partial charge in [-0.2, -0.15) is 0 Å². The van der Waals surface area contributed by atoms with Crippen molar-refractivity contribution < 1.29 is 0 Å². The van der Waals surface area contributed by atoms with Crippen LogP contribution >= 0.6 is 0 Å². The molecule has 2 aliphatic rings. The topological polar surface area (TPSA) is 29.0 Å². The van der Waals surface area contributed by atoms with Crippen molar-refractivity contribution in [2.45, 2.75) is 12.8 Å². The van der Waals surface area contributed by atoms with Gasteiger partial charge in [0, 0.05) is 25.5 Å². The van der Waals surface area contributed by atoms with E-state index in [1.54, 1.807) is 0 Å². The molecule has 15 heavy (non-hydrogen) atoms. The van der Waals surface area contributed by atoms with Crippen LogP contribution in [0.1, 0.15) is 12.8 Å². The van der Waals surface area contributed by atoms with Gasteiger partial charge in [0.05, 0.1) is 0 Å². The third-order valence-electron chi connectivity index (χ3n) is 3.46. The lowest BCUT2D eigenvalue weighted by atomic mass is 9.86. The van der Waals surface area contributed by atoms with Crippen LogP contribution in [0, 0.1) is 11.8 Å². The summed E-state index contributed by atoms with van der Waals surface area (Å²) in [7, 11) is 0. The Morgan fingerprint density at radius 1 is 1.00 bits per heavy atom. The lowest BCUT2D eigenvalue weighted by Gasteiger charge is -2.17. The van der Waals surface area contributed by atoms with Gasteiger partial charge in [-0.15, -0.1) is 0 Å². The number of anilines is 1. The number of aromatic nitrogens is 2. The van der Waals surface area contributed by atoms with Gasteiger partial charge in [-0.1, -0.05) is 12.2 Å². The van der Waals surface area contributed by atoms with E-state index >= 15 is 0 Å². The zero-order valence-electron chi connectivity index (χ0n) is 8.71. The molecule has 1 aromatic rings. The molecule has 3 rings (SSSR count). The molecule has 0 N–H and O–H groups in total. The molecule has 1 saturated heterocycles. The van der Waals surface area contributed by atoms with Crippen molar-refractivity contribution >= 4 is 5.95 Å². The average Bonchev–Trinajstić information content (AvgIpc) is 2.74. The molecule has 2 heterocycles. The van der Waals surface area contributed by atoms with Crippen LogP contribution in [-0.2, 0) is 0 Å². The first kappa shape index (κ1) is 8.89. The average molecular weight is 201 g/mol. The molecule has 0 spiro atoms. The highest BCUT2D eigenvalue weighted by Crippen LogP contribution is 2.33. The number of rotatable bonds is 1. The number of hydrogen-bond acceptors (Lipinski definition) is 3. The highest BCUT2D eigenvalue weighted by molar-refractivity contribution is 5.31. The van der Waals surface area contributed by atoms with E-state index in [-0.39, 0.29) is 0 Å². The van der Waals surface area contributed by atoms with Crippen molar-refractivity contribution in [2.24, 2.45) is 11.8 Å². The predicted octanol–water partition coefficient (Wildman–Crippen LogP) is 1.88. The number of fused-ring (bicyclic) bond motifs is 1. The van der Waals surface area contributed by atoms with Gasteiger partial charge in [-0.3, -0.25) is 0 Å². The molecular formula is C12H15N3. The van der Waals surface area contributed by atoms with Crippen LogP contribution in [0.15, 0.2) is 30.6 Å². The molecule has 0 bridgehead atoms. The minimum atomic E-state index is 0.818. The molecule has 0 aromatic carbocycles. The molecule has 0 radical (unpaired) electrons. The maximum atomic E-state index is 4.31. The summed E-state index contributed by atoms with van der Waals surface area (Å²) in [5.74, 6) is 2.53. The Bertz CT molecular complexity index is 344. The summed E-state index contributed by atoms with van der Waals surface area (Å²) >= 11 is 0. The van der Waals surface area contributed by atoms with Gasteiger partial charge in [0.1, 0.15) is 0 Å². The van der Waals surface area contributed by atoms with E-state index in [1.165, 1.54) is 12.8 Å². The molecule has 1 aromatic heterocycles. The Kier molecular flexibility index (Phi) is 2.16. The van der Waals surface area contributed by atoms with Gasteiger partial charge in [0.15, 0.2) is 0 Å². The van der Waals surface area contributed by atoms with Crippen molar-refractivity contribution in [3.05, 3.63) is 30.6 Å². The summed E-state index contributed by atoms with van der Waals surface area (Å²) < 4.78 is 0. The maximum Gasteiger partial charge on any atom is 0.225 e. The largest absolute Gasteiger partial charge is 0.340 e. The third kappa shape index (κ3) is 1.62. The van der Waals surface area contributed by atoms with Crippen LogP contribution in [0.3, 0.4) is 0 Å². The second-order valence-corrected chi connectivity index (χ2v) is 4.42. The van der Waals surface area contributed by atoms with Crippen LogP contribution in [0.2, 0.25) is 0 Å². The smallest absolute Gasteiger partial charge is 0.225 e. The van der Waals surface area contributed by atoms with Crippen LogP contribution in [0.5, 0.6) is 0 Å². The summed E-state index contributed by atoms with van der Waals surface area (Å²) in [6.45, 7) is 2.25. The molecule has 78 valence electrons. The summed E-state index contributed by atoms with van der Waals surface area (Å²) in [5.41, 5.74) is 0. The predicted molar refractivity (Wildman–Crippen MR) is 59.6 cm³/mol. The number of allylic oxidation sites excluding steroid dienone is 2. The molecule has 2 unspecified atom stereocenters. The molecule has 3 nitrogen and oxygen atoms in total. The fourth-order valence-electron chi connectivity index (χ4n) is 2.63. The molecule has 2 atom stereocenters. The van der Waals surface area contributed by atoms with E-state index < -0.39 is 0 Å². The van der Waals surface area contributed by atoms with Crippen LogP contribution in [0.4, 0.5) is 5.95 Å². The quantitative estimate of drug-likeness (QED) is 0.650. The standard InChI is InChI=1S/C12H15N3/c1-2-5-11-9-15(8-10(11)4-1)12-13-6-3-7-14-12/h1-3,6-7,10-11H,4-5,8-9H2. The van der Waals surface area contributed by atoms with Crippen molar-refractivity contribution in [3.63, 3.8) is 0 Å². The maximum absolute atomic E-state index is 4.31. The summed E-state index contributed by atoms with van der Waals surface area (Å²) in [5, 5.41) is 0. The highest BCUT2D eigenvalue weighted by Gasteiger charge is 2.33. The molecule has 1 fully saturated rings. The van der Waals surface area contributed by atoms with E-state index in [4.69, 9.17) is 0 Å². The van der Waals surface area contributed by atoms with E-state index in [1.807, 2.05) is 18.5 Å². The fourth-order valence-corrected chi connectivity index (χ4v) is 2.63. The van der Waals surface area contributed by atoms with Gasteiger partial charge < -0.3 is 4.90 Å². The summed E-state index contributed by atoms with van der Waals surface area (Å²) in [6.07, 6.45) is 10.7. The molecule has 3 heteroatoms. The van der Waals surface area contributed by atoms with Crippen molar-refractivity contribution in [3.8, 4) is 0 Å². The zero-order valence-corrected chi connectivity index (χ0v) is 8.71. The first-order chi connectivity index (χ1) is 7.43. The first-order valence-electron chi connectivity index (χ1n) is 5.60. The van der Waals surface area contributed by atoms with Crippen molar-refractivity contribution in [2.75, 3.05) is 18.0 Å². The molecule has 1 aliphatic heterocycles. The Hall–Kier alpha value is -1.38. The Balaban J connectivity index is 1.77. The normalized spacial score (nSPS) is 29.2. The second-order valence-electron chi connectivity index (χ2n) is 4.42. The zero-order chi connectivity index (χ0) is 10.1. The van der Waals surface area contributed by atoms with E-state index in [0.717, 1.165) is 30.9 Å². The minimum absolute atomic E-state index is 0.818. The Morgan fingerprint density at radius 3 is 2.20 bits per heavy atom. The summed E-state index contributed by atoms with van der Waals surface area (Å²) in [4.78, 5) is 10.9. The van der Waals surface area contributed by atoms with Crippen LogP contribution in [0.25, 0.3) is 0 Å². The van der Waals surface area contributed by atoms with E-state index in [9.17, 15) is 0 Å². The lowest BCUT2D eigenvalue weighted by molar-refractivity contribution is 0.411. The van der Waals surface area contributed by atoms with Gasteiger partial charge >= 0.3 is 0 Å². The van der Waals surface area contributed by atoms with E-state index in [0.29, 0.717) is 0 Å². The third-order valence-corrected chi connectivity index (χ3v) is 3.46. The molecular weight excluding hydrogens is 186 g/mol. The van der Waals surface area contributed by atoms with Gasteiger partial charge in [-0.05, 0) is 30.7 Å². The lowest BCUT2D eigenvalue weighted by Crippen LogP contribution is -2.21. The van der Waals surface area contributed by atoms with Crippen molar-refractivity contribution in [1.82, 2.24) is 9.97 Å². The van der Waals surface area contributed by atoms with Crippen LogP contribution < -0.4 is 4.90 Å². The monoisotopic (exact) mass is 201 g/mol. The van der Waals surface area contributed by atoms with Gasteiger partial charge in [0.2, 0.25) is 5.95 Å². The molecule has 0 saturated carbocycles. The molecule has 0 amide bonds. The fraction of sp³-hybridized carbons (Fsp3) is 0.500. The number of hydrogen-bond donors (Lipinski definition) is 0. The minimum Gasteiger partial charge on any atom is -0.340 e. The van der Waals surface area contributed by atoms with Crippen LogP contribution in [-0.4, -0.2) is 23.1 Å². The summed E-state index contributed by atoms with van der Waals surface area (Å²) in [6, 6.07) is 1.87.